The van der Waals surface area contributed by atoms with Gasteiger partial charge >= 0.3 is 0 Å². The third-order valence-corrected chi connectivity index (χ3v) is 4.26. The minimum atomic E-state index is 0.948. The molecule has 1 heteroatoms. The van der Waals surface area contributed by atoms with Crippen molar-refractivity contribution in [2.24, 2.45) is 0 Å². The van der Waals surface area contributed by atoms with Gasteiger partial charge < -0.3 is 4.48 Å². The summed E-state index contributed by atoms with van der Waals surface area (Å²) in [4.78, 5) is 0. The minimum Gasteiger partial charge on any atom is -0.327 e. The fourth-order valence-corrected chi connectivity index (χ4v) is 3.44. The highest BCUT2D eigenvalue weighted by atomic mass is 15.3. The van der Waals surface area contributed by atoms with E-state index in [1.54, 1.807) is 0 Å². The molecule has 104 valence electrons. The van der Waals surface area contributed by atoms with Gasteiger partial charge in [-0.1, -0.05) is 54.6 Å². The van der Waals surface area contributed by atoms with E-state index in [2.05, 4.69) is 75.7 Å². The maximum atomic E-state index is 2.30. The monoisotopic (exact) mass is 274 g/mol. The standard InChI is InChI=1S/C20H20N/c1-21(2,3)13-17-10-9-16-8-7-14-5-4-6-15-11-12-18(17)20(16)19(14)15/h4-12H,13H2,1-3H3/q+1. The lowest BCUT2D eigenvalue weighted by Gasteiger charge is -2.25. The fraction of sp³-hybridized carbons (Fsp3) is 0.200. The van der Waals surface area contributed by atoms with Gasteiger partial charge in [-0.2, -0.15) is 0 Å². The molecule has 0 aliphatic rings. The van der Waals surface area contributed by atoms with Crippen LogP contribution in [0.5, 0.6) is 0 Å². The number of benzene rings is 4. The van der Waals surface area contributed by atoms with Crippen molar-refractivity contribution < 1.29 is 4.48 Å². The molecular formula is C20H20N+. The van der Waals surface area contributed by atoms with Gasteiger partial charge in [0, 0.05) is 5.56 Å². The molecule has 0 spiro atoms. The van der Waals surface area contributed by atoms with Crippen LogP contribution in [0.15, 0.2) is 54.6 Å². The van der Waals surface area contributed by atoms with Gasteiger partial charge in [0.1, 0.15) is 6.54 Å². The van der Waals surface area contributed by atoms with Crippen LogP contribution >= 0.6 is 0 Å². The maximum Gasteiger partial charge on any atom is 0.104 e. The quantitative estimate of drug-likeness (QED) is 0.364. The van der Waals surface area contributed by atoms with Gasteiger partial charge in [0.15, 0.2) is 0 Å². The molecule has 0 atom stereocenters. The second kappa shape index (κ2) is 4.19. The van der Waals surface area contributed by atoms with E-state index in [9.17, 15) is 0 Å². The predicted octanol–water partition coefficient (Wildman–Crippen LogP) is 4.79. The lowest BCUT2D eigenvalue weighted by atomic mass is 9.92. The molecule has 0 N–H and O–H groups in total. The van der Waals surface area contributed by atoms with Crippen molar-refractivity contribution in [1.29, 1.82) is 0 Å². The first-order chi connectivity index (χ1) is 10.0. The topological polar surface area (TPSA) is 0 Å². The van der Waals surface area contributed by atoms with Gasteiger partial charge in [-0.3, -0.25) is 0 Å². The van der Waals surface area contributed by atoms with Crippen LogP contribution < -0.4 is 0 Å². The molecule has 0 amide bonds. The number of quaternary nitrogens is 1. The number of hydrogen-bond acceptors (Lipinski definition) is 0. The fourth-order valence-electron chi connectivity index (χ4n) is 3.44. The maximum absolute atomic E-state index is 2.30. The average Bonchev–Trinajstić information content (AvgIpc) is 2.45. The van der Waals surface area contributed by atoms with Crippen molar-refractivity contribution in [2.45, 2.75) is 6.54 Å². The summed E-state index contributed by atoms with van der Waals surface area (Å²) in [6.07, 6.45) is 0. The van der Waals surface area contributed by atoms with E-state index in [1.165, 1.54) is 37.9 Å². The first-order valence-corrected chi connectivity index (χ1v) is 7.49. The van der Waals surface area contributed by atoms with Gasteiger partial charge in [0.2, 0.25) is 0 Å². The van der Waals surface area contributed by atoms with Gasteiger partial charge in [-0.25, -0.2) is 0 Å². The summed E-state index contributed by atoms with van der Waals surface area (Å²) in [6, 6.07) is 20.2. The Hall–Kier alpha value is -2.12. The summed E-state index contributed by atoms with van der Waals surface area (Å²) in [6.45, 7) is 1.05. The van der Waals surface area contributed by atoms with Crippen LogP contribution in [0.2, 0.25) is 0 Å². The molecule has 4 aromatic carbocycles. The van der Waals surface area contributed by atoms with E-state index in [1.807, 2.05) is 0 Å². The predicted molar refractivity (Wildman–Crippen MR) is 91.9 cm³/mol. The second-order valence-corrected chi connectivity index (χ2v) is 7.03. The van der Waals surface area contributed by atoms with E-state index >= 15 is 0 Å². The van der Waals surface area contributed by atoms with Gasteiger partial charge in [0.25, 0.3) is 0 Å². The Kier molecular flexibility index (Phi) is 2.51. The lowest BCUT2D eigenvalue weighted by molar-refractivity contribution is -0.883. The van der Waals surface area contributed by atoms with E-state index in [0.717, 1.165) is 11.0 Å². The zero-order chi connectivity index (χ0) is 14.6. The molecule has 0 aromatic heterocycles. The normalized spacial score (nSPS) is 12.7. The lowest BCUT2D eigenvalue weighted by Crippen LogP contribution is -2.33. The van der Waals surface area contributed by atoms with Gasteiger partial charge in [0.05, 0.1) is 21.1 Å². The second-order valence-electron chi connectivity index (χ2n) is 7.03. The molecule has 0 heterocycles. The molecular weight excluding hydrogens is 254 g/mol. The van der Waals surface area contributed by atoms with E-state index in [4.69, 9.17) is 0 Å². The molecule has 4 aromatic rings. The summed E-state index contributed by atoms with van der Waals surface area (Å²) in [5, 5.41) is 8.28. The third-order valence-electron chi connectivity index (χ3n) is 4.26. The van der Waals surface area contributed by atoms with Crippen molar-refractivity contribution in [3.8, 4) is 0 Å². The van der Waals surface area contributed by atoms with Crippen LogP contribution in [0.4, 0.5) is 0 Å². The van der Waals surface area contributed by atoms with Crippen LogP contribution in [0, 0.1) is 0 Å². The summed E-state index contributed by atoms with van der Waals surface area (Å²) in [7, 11) is 6.74. The third kappa shape index (κ3) is 1.97. The Morgan fingerprint density at radius 1 is 0.667 bits per heavy atom. The molecule has 0 fully saturated rings. The molecule has 0 radical (unpaired) electrons. The van der Waals surface area contributed by atoms with Crippen LogP contribution in [-0.4, -0.2) is 25.6 Å². The Labute approximate surface area is 125 Å². The number of nitrogens with zero attached hydrogens (tertiary/aromatic N) is 1. The van der Waals surface area contributed by atoms with E-state index in [-0.39, 0.29) is 0 Å². The molecule has 21 heavy (non-hydrogen) atoms. The zero-order valence-electron chi connectivity index (χ0n) is 12.9. The summed E-state index contributed by atoms with van der Waals surface area (Å²) < 4.78 is 0.948. The van der Waals surface area contributed by atoms with E-state index < -0.39 is 0 Å². The molecule has 0 aliphatic carbocycles. The number of hydrogen-bond donors (Lipinski definition) is 0. The highest BCUT2D eigenvalue weighted by Gasteiger charge is 2.15. The van der Waals surface area contributed by atoms with Crippen LogP contribution in [0.1, 0.15) is 5.56 Å². The Bertz CT molecular complexity index is 929. The van der Waals surface area contributed by atoms with Gasteiger partial charge in [-0.15, -0.1) is 0 Å². The summed E-state index contributed by atoms with van der Waals surface area (Å²) in [5.41, 5.74) is 1.44. The van der Waals surface area contributed by atoms with Crippen LogP contribution in [0.25, 0.3) is 32.3 Å². The Morgan fingerprint density at radius 3 is 1.90 bits per heavy atom. The highest BCUT2D eigenvalue weighted by Crippen LogP contribution is 2.36. The average molecular weight is 274 g/mol. The van der Waals surface area contributed by atoms with E-state index in [0.29, 0.717) is 0 Å². The Balaban J connectivity index is 2.15. The first kappa shape index (κ1) is 12.6. The number of rotatable bonds is 2. The minimum absolute atomic E-state index is 0.948. The van der Waals surface area contributed by atoms with Gasteiger partial charge in [-0.05, 0) is 32.3 Å². The molecule has 0 aliphatic heterocycles. The SMILES string of the molecule is C[N+](C)(C)Cc1ccc2ccc3cccc4ccc1c2c34. The largest absolute Gasteiger partial charge is 0.327 e. The van der Waals surface area contributed by atoms with Crippen molar-refractivity contribution in [3.05, 3.63) is 60.2 Å². The molecule has 0 saturated carbocycles. The molecule has 0 bridgehead atoms. The van der Waals surface area contributed by atoms with Crippen molar-refractivity contribution in [2.75, 3.05) is 21.1 Å². The van der Waals surface area contributed by atoms with Crippen LogP contribution in [-0.2, 0) is 6.54 Å². The van der Waals surface area contributed by atoms with Crippen molar-refractivity contribution >= 4 is 32.3 Å². The highest BCUT2D eigenvalue weighted by molar-refractivity contribution is 6.23. The summed E-state index contributed by atoms with van der Waals surface area (Å²) in [5.74, 6) is 0. The molecule has 0 saturated heterocycles. The molecule has 4 rings (SSSR count). The smallest absolute Gasteiger partial charge is 0.104 e. The molecule has 0 unspecified atom stereocenters. The zero-order valence-corrected chi connectivity index (χ0v) is 12.9. The van der Waals surface area contributed by atoms with Crippen molar-refractivity contribution in [1.82, 2.24) is 0 Å². The van der Waals surface area contributed by atoms with Crippen LogP contribution in [0.3, 0.4) is 0 Å². The Morgan fingerprint density at radius 2 is 1.24 bits per heavy atom. The first-order valence-electron chi connectivity index (χ1n) is 7.49. The van der Waals surface area contributed by atoms with Crippen molar-refractivity contribution in [3.63, 3.8) is 0 Å². The molecule has 1 nitrogen and oxygen atoms in total. The summed E-state index contributed by atoms with van der Waals surface area (Å²) >= 11 is 0.